The molecule has 5 nitrogen and oxygen atoms in total. The molecule has 0 atom stereocenters. The molecule has 0 aliphatic heterocycles. The van der Waals surface area contributed by atoms with Crippen molar-refractivity contribution in [3.8, 4) is 0 Å². The Kier molecular flexibility index (Phi) is 5.03. The second-order valence-corrected chi connectivity index (χ2v) is 5.70. The predicted molar refractivity (Wildman–Crippen MR) is 73.1 cm³/mol. The molecule has 0 bridgehead atoms. The molecule has 0 saturated carbocycles. The predicted octanol–water partition coefficient (Wildman–Crippen LogP) is 3.34. The molecule has 7 heteroatoms. The van der Waals surface area contributed by atoms with Crippen LogP contribution < -0.4 is 5.36 Å². The Morgan fingerprint density at radius 3 is 2.63 bits per heavy atom. The van der Waals surface area contributed by atoms with Crippen LogP contribution in [0.5, 0.6) is 0 Å². The van der Waals surface area contributed by atoms with E-state index >= 15 is 0 Å². The Morgan fingerprint density at radius 2 is 2.11 bits per heavy atom. The van der Waals surface area contributed by atoms with Crippen molar-refractivity contribution in [2.24, 2.45) is 4.99 Å². The largest absolute Gasteiger partial charge is 0.442 e. The van der Waals surface area contributed by atoms with Crippen LogP contribution in [0.1, 0.15) is 26.3 Å². The van der Waals surface area contributed by atoms with Gasteiger partial charge in [0.15, 0.2) is 0 Å². The zero-order chi connectivity index (χ0) is 14.6. The average Bonchev–Trinajstić information content (AvgIpc) is 2.18. The summed E-state index contributed by atoms with van der Waals surface area (Å²) in [6.07, 6.45) is 3.26. The van der Waals surface area contributed by atoms with Gasteiger partial charge in [-0.05, 0) is 32.9 Å². The molecule has 1 amide bonds. The molecule has 0 saturated heterocycles. The Hall–Kier alpha value is -1.46. The Bertz CT molecular complexity index is 567. The highest BCUT2D eigenvalue weighted by molar-refractivity contribution is 6.57. The smallest absolute Gasteiger partial charge is 0.434 e. The number of amides is 1. The molecular formula is C12H14Cl2N2O3. The number of rotatable bonds is 1. The Labute approximate surface area is 120 Å². The second kappa shape index (κ2) is 6.12. The molecule has 1 aromatic heterocycles. The first-order valence-electron chi connectivity index (χ1n) is 5.39. The van der Waals surface area contributed by atoms with Crippen LogP contribution >= 0.6 is 23.2 Å². The van der Waals surface area contributed by atoms with Crippen molar-refractivity contribution in [2.45, 2.75) is 26.4 Å². The summed E-state index contributed by atoms with van der Waals surface area (Å²) in [5.41, 5.74) is -0.247. The van der Waals surface area contributed by atoms with Crippen LogP contribution in [0.25, 0.3) is 6.08 Å². The van der Waals surface area contributed by atoms with Crippen molar-refractivity contribution in [3.63, 3.8) is 0 Å². The number of nitrogens with zero attached hydrogens (tertiary/aromatic N) is 2. The van der Waals surface area contributed by atoms with Gasteiger partial charge in [-0.25, -0.2) is 9.52 Å². The van der Waals surface area contributed by atoms with E-state index in [1.165, 1.54) is 24.5 Å². The normalized spacial score (nSPS) is 12.2. The standard InChI is InChI=1S/C12H14Cl2N2O3/c1-12(2,3)19-11(17)15-9-4-5-16(18)7-8(9)6-10(13)14/h4-7,18H,1-3H3. The van der Waals surface area contributed by atoms with Crippen LogP contribution in [0, 0.1) is 0 Å². The van der Waals surface area contributed by atoms with Gasteiger partial charge in [-0.3, -0.25) is 0 Å². The van der Waals surface area contributed by atoms with Gasteiger partial charge < -0.3 is 9.94 Å². The highest BCUT2D eigenvalue weighted by Gasteiger charge is 2.15. The van der Waals surface area contributed by atoms with Crippen molar-refractivity contribution in [2.75, 3.05) is 0 Å². The fraction of sp³-hybridized carbons (Fsp3) is 0.333. The zero-order valence-corrected chi connectivity index (χ0v) is 12.2. The molecule has 0 unspecified atom stereocenters. The number of hydrogen-bond donors (Lipinski definition) is 1. The van der Waals surface area contributed by atoms with Crippen molar-refractivity contribution in [1.29, 1.82) is 0 Å². The first kappa shape index (κ1) is 15.6. The molecule has 19 heavy (non-hydrogen) atoms. The number of hydrogen-bond acceptors (Lipinski definition) is 3. The molecule has 0 spiro atoms. The third-order valence-electron chi connectivity index (χ3n) is 1.82. The highest BCUT2D eigenvalue weighted by Crippen LogP contribution is 2.11. The third-order valence-corrected chi connectivity index (χ3v) is 2.04. The number of aromatic nitrogens is 1. The minimum Gasteiger partial charge on any atom is -0.442 e. The van der Waals surface area contributed by atoms with Gasteiger partial charge in [0, 0.05) is 11.8 Å². The van der Waals surface area contributed by atoms with E-state index in [9.17, 15) is 10.0 Å². The molecule has 1 aromatic rings. The SMILES string of the molecule is CC(C)(C)OC(=O)N=c1ccn(O)cc1C=C(Cl)Cl. The van der Waals surface area contributed by atoms with Gasteiger partial charge in [0.1, 0.15) is 10.1 Å². The Morgan fingerprint density at radius 1 is 1.47 bits per heavy atom. The van der Waals surface area contributed by atoms with E-state index in [0.29, 0.717) is 10.9 Å². The van der Waals surface area contributed by atoms with Crippen LogP contribution in [-0.4, -0.2) is 21.6 Å². The molecule has 0 radical (unpaired) electrons. The number of carbonyl (C=O) groups is 1. The van der Waals surface area contributed by atoms with Crippen molar-refractivity contribution < 1.29 is 14.7 Å². The van der Waals surface area contributed by atoms with Gasteiger partial charge in [0.05, 0.1) is 11.6 Å². The van der Waals surface area contributed by atoms with Crippen LogP contribution in [0.15, 0.2) is 27.9 Å². The summed E-state index contributed by atoms with van der Waals surface area (Å²) in [5.74, 6) is 0. The Balaban J connectivity index is 3.19. The molecule has 0 aliphatic carbocycles. The minimum atomic E-state index is -0.733. The van der Waals surface area contributed by atoms with Gasteiger partial charge in [-0.2, -0.15) is 4.99 Å². The van der Waals surface area contributed by atoms with Gasteiger partial charge in [-0.15, -0.1) is 0 Å². The van der Waals surface area contributed by atoms with Gasteiger partial charge >= 0.3 is 6.09 Å². The van der Waals surface area contributed by atoms with E-state index < -0.39 is 11.7 Å². The van der Waals surface area contributed by atoms with E-state index in [1.54, 1.807) is 20.8 Å². The topological polar surface area (TPSA) is 63.8 Å². The van der Waals surface area contributed by atoms with Crippen LogP contribution in [0.3, 0.4) is 0 Å². The maximum atomic E-state index is 11.6. The lowest BCUT2D eigenvalue weighted by molar-refractivity contribution is 0.0597. The first-order chi connectivity index (χ1) is 8.67. The molecule has 104 valence electrons. The number of halogens is 2. The van der Waals surface area contributed by atoms with Crippen LogP contribution in [0.4, 0.5) is 4.79 Å². The summed E-state index contributed by atoms with van der Waals surface area (Å²) < 4.78 is 5.85. The van der Waals surface area contributed by atoms with E-state index in [2.05, 4.69) is 4.99 Å². The maximum absolute atomic E-state index is 11.6. The zero-order valence-electron chi connectivity index (χ0n) is 10.7. The fourth-order valence-electron chi connectivity index (χ4n) is 1.21. The van der Waals surface area contributed by atoms with Crippen LogP contribution in [-0.2, 0) is 4.74 Å². The molecule has 1 heterocycles. The third kappa shape index (κ3) is 5.81. The van der Waals surface area contributed by atoms with Crippen LogP contribution in [0.2, 0.25) is 0 Å². The average molecular weight is 305 g/mol. The number of pyridine rings is 1. The van der Waals surface area contributed by atoms with E-state index in [-0.39, 0.29) is 4.49 Å². The monoisotopic (exact) mass is 304 g/mol. The molecule has 1 N–H and O–H groups in total. The molecule has 0 aliphatic rings. The summed E-state index contributed by atoms with van der Waals surface area (Å²) in [6.45, 7) is 5.22. The second-order valence-electron chi connectivity index (χ2n) is 4.69. The maximum Gasteiger partial charge on any atom is 0.434 e. The first-order valence-corrected chi connectivity index (χ1v) is 6.15. The summed E-state index contributed by atoms with van der Waals surface area (Å²) >= 11 is 11.1. The van der Waals surface area contributed by atoms with Crippen molar-refractivity contribution in [3.05, 3.63) is 33.9 Å². The summed E-state index contributed by atoms with van der Waals surface area (Å²) in [7, 11) is 0. The van der Waals surface area contributed by atoms with E-state index in [4.69, 9.17) is 27.9 Å². The highest BCUT2D eigenvalue weighted by atomic mass is 35.5. The van der Waals surface area contributed by atoms with E-state index in [0.717, 1.165) is 4.73 Å². The van der Waals surface area contributed by atoms with Gasteiger partial charge in [0.25, 0.3) is 0 Å². The quantitative estimate of drug-likeness (QED) is 0.809. The molecule has 1 rings (SSSR count). The lowest BCUT2D eigenvalue weighted by atomic mass is 10.2. The molecular weight excluding hydrogens is 291 g/mol. The lowest BCUT2D eigenvalue weighted by Crippen LogP contribution is -2.23. The summed E-state index contributed by atoms with van der Waals surface area (Å²) in [6, 6.07) is 1.44. The minimum absolute atomic E-state index is 0.0214. The van der Waals surface area contributed by atoms with Gasteiger partial charge in [0.2, 0.25) is 0 Å². The number of carbonyl (C=O) groups excluding carboxylic acids is 1. The van der Waals surface area contributed by atoms with Crippen molar-refractivity contribution >= 4 is 35.4 Å². The molecule has 0 fully saturated rings. The van der Waals surface area contributed by atoms with Crippen molar-refractivity contribution in [1.82, 2.24) is 4.73 Å². The van der Waals surface area contributed by atoms with Gasteiger partial charge in [-0.1, -0.05) is 23.2 Å². The lowest BCUT2D eigenvalue weighted by Gasteiger charge is -2.17. The molecule has 0 aromatic carbocycles. The fourth-order valence-corrected chi connectivity index (χ4v) is 1.44. The number of ether oxygens (including phenoxy) is 1. The summed E-state index contributed by atoms with van der Waals surface area (Å²) in [4.78, 5) is 15.4. The summed E-state index contributed by atoms with van der Waals surface area (Å²) in [5, 5.41) is 9.60. The van der Waals surface area contributed by atoms with E-state index in [1.807, 2.05) is 0 Å².